The largest absolute Gasteiger partial charge is 0.478 e. The zero-order valence-corrected chi connectivity index (χ0v) is 17.0. The maximum atomic E-state index is 11.4. The zero-order valence-electron chi connectivity index (χ0n) is 17.0. The molecule has 2 aliphatic rings. The highest BCUT2D eigenvalue weighted by Gasteiger charge is 2.20. The fraction of sp³-hybridized carbons (Fsp3) is 0.476. The molecule has 0 unspecified atom stereocenters. The third kappa shape index (κ3) is 4.84. The van der Waals surface area contributed by atoms with Crippen LogP contribution in [-0.2, 0) is 0 Å². The van der Waals surface area contributed by atoms with Crippen LogP contribution in [0.25, 0.3) is 0 Å². The van der Waals surface area contributed by atoms with Crippen LogP contribution in [0.15, 0.2) is 29.4 Å². The Morgan fingerprint density at radius 1 is 0.900 bits per heavy atom. The molecule has 0 saturated carbocycles. The van der Waals surface area contributed by atoms with Crippen LogP contribution in [0, 0.1) is 0 Å². The fourth-order valence-corrected chi connectivity index (χ4v) is 3.84. The maximum absolute atomic E-state index is 11.4. The van der Waals surface area contributed by atoms with Gasteiger partial charge in [0, 0.05) is 31.7 Å². The summed E-state index contributed by atoms with van der Waals surface area (Å²) in [6.07, 6.45) is 8.50. The van der Waals surface area contributed by atoms with Crippen LogP contribution in [0.2, 0.25) is 0 Å². The van der Waals surface area contributed by atoms with E-state index in [9.17, 15) is 9.90 Å². The second-order valence-corrected chi connectivity index (χ2v) is 7.62. The predicted octanol–water partition coefficient (Wildman–Crippen LogP) is 3.00. The quantitative estimate of drug-likeness (QED) is 0.554. The molecule has 9 nitrogen and oxygen atoms in total. The highest BCUT2D eigenvalue weighted by molar-refractivity contribution is 5.98. The van der Waals surface area contributed by atoms with E-state index in [1.807, 2.05) is 0 Å². The van der Waals surface area contributed by atoms with Crippen LogP contribution < -0.4 is 15.2 Å². The van der Waals surface area contributed by atoms with Gasteiger partial charge in [-0.2, -0.15) is 20.1 Å². The first kappa shape index (κ1) is 20.1. The van der Waals surface area contributed by atoms with Crippen LogP contribution in [-0.4, -0.2) is 58.4 Å². The molecule has 0 atom stereocenters. The van der Waals surface area contributed by atoms with Gasteiger partial charge in [0.15, 0.2) is 0 Å². The number of rotatable bonds is 6. The number of carbonyl (C=O) groups is 1. The molecule has 0 bridgehead atoms. The van der Waals surface area contributed by atoms with Crippen molar-refractivity contribution in [1.82, 2.24) is 15.0 Å². The molecule has 0 amide bonds. The maximum Gasteiger partial charge on any atom is 0.336 e. The zero-order chi connectivity index (χ0) is 20.8. The molecule has 3 heterocycles. The van der Waals surface area contributed by atoms with E-state index in [1.165, 1.54) is 19.1 Å². The number of hydrogen-bond donors (Lipinski definition) is 2. The lowest BCUT2D eigenvalue weighted by Crippen LogP contribution is -2.34. The molecule has 30 heavy (non-hydrogen) atoms. The molecule has 1 aromatic carbocycles. The summed E-state index contributed by atoms with van der Waals surface area (Å²) in [5.41, 5.74) is 3.59. The summed E-state index contributed by atoms with van der Waals surface area (Å²) < 4.78 is 0. The lowest BCUT2D eigenvalue weighted by atomic mass is 10.1. The number of hydrazone groups is 1. The highest BCUT2D eigenvalue weighted by atomic mass is 16.4. The topological polar surface area (TPSA) is 107 Å². The van der Waals surface area contributed by atoms with Crippen molar-refractivity contribution in [3.05, 3.63) is 35.4 Å². The number of hydrogen-bond acceptors (Lipinski definition) is 8. The number of carboxylic acid groups (broad SMARTS) is 1. The van der Waals surface area contributed by atoms with Crippen LogP contribution in [0.3, 0.4) is 0 Å². The average Bonchev–Trinajstić information content (AvgIpc) is 2.80. The number of aromatic nitrogens is 3. The van der Waals surface area contributed by atoms with Crippen LogP contribution >= 0.6 is 0 Å². The van der Waals surface area contributed by atoms with E-state index in [0.717, 1.165) is 51.9 Å². The molecule has 1 aromatic heterocycles. The third-order valence-electron chi connectivity index (χ3n) is 5.45. The predicted molar refractivity (Wildman–Crippen MR) is 117 cm³/mol. The minimum atomic E-state index is -0.989. The monoisotopic (exact) mass is 409 g/mol. The van der Waals surface area contributed by atoms with E-state index in [2.05, 4.69) is 30.3 Å². The molecular formula is C21H27N7O2. The summed E-state index contributed by atoms with van der Waals surface area (Å²) in [5.74, 6) is 0.731. The van der Waals surface area contributed by atoms with Gasteiger partial charge < -0.3 is 14.9 Å². The lowest BCUT2D eigenvalue weighted by Gasteiger charge is -2.30. The Hall–Kier alpha value is -3.23. The molecule has 9 heteroatoms. The summed E-state index contributed by atoms with van der Waals surface area (Å²) >= 11 is 0. The first-order valence-electron chi connectivity index (χ1n) is 10.6. The minimum absolute atomic E-state index is 0.196. The van der Waals surface area contributed by atoms with Gasteiger partial charge in [-0.15, -0.1) is 0 Å². The Morgan fingerprint density at radius 2 is 1.47 bits per heavy atom. The number of carboxylic acids is 1. The molecule has 4 rings (SSSR count). The van der Waals surface area contributed by atoms with E-state index in [0.29, 0.717) is 23.4 Å². The van der Waals surface area contributed by atoms with Gasteiger partial charge in [-0.05, 0) is 44.6 Å². The molecule has 0 spiro atoms. The lowest BCUT2D eigenvalue weighted by molar-refractivity contribution is 0.0696. The van der Waals surface area contributed by atoms with Gasteiger partial charge in [0.2, 0.25) is 17.8 Å². The Morgan fingerprint density at radius 3 is 2.03 bits per heavy atom. The summed E-state index contributed by atoms with van der Waals surface area (Å²) in [6, 6.07) is 6.73. The summed E-state index contributed by atoms with van der Waals surface area (Å²) in [6.45, 7) is 3.77. The van der Waals surface area contributed by atoms with E-state index in [-0.39, 0.29) is 5.56 Å². The third-order valence-corrected chi connectivity index (χ3v) is 5.45. The summed E-state index contributed by atoms with van der Waals surface area (Å²) in [4.78, 5) is 29.7. The van der Waals surface area contributed by atoms with Crippen molar-refractivity contribution in [3.63, 3.8) is 0 Å². The molecule has 2 N–H and O–H groups in total. The van der Waals surface area contributed by atoms with Crippen molar-refractivity contribution in [2.75, 3.05) is 41.4 Å². The molecule has 2 aliphatic heterocycles. The second-order valence-electron chi connectivity index (χ2n) is 7.62. The Balaban J connectivity index is 1.57. The second kappa shape index (κ2) is 9.51. The molecule has 2 fully saturated rings. The minimum Gasteiger partial charge on any atom is -0.478 e. The number of anilines is 3. The first-order chi connectivity index (χ1) is 14.7. The van der Waals surface area contributed by atoms with Crippen LogP contribution in [0.5, 0.6) is 0 Å². The van der Waals surface area contributed by atoms with Crippen molar-refractivity contribution in [2.45, 2.75) is 38.5 Å². The Bertz CT molecular complexity index is 870. The van der Waals surface area contributed by atoms with Crippen molar-refractivity contribution >= 4 is 30.0 Å². The van der Waals surface area contributed by atoms with Crippen molar-refractivity contribution < 1.29 is 9.90 Å². The SMILES string of the molecule is O=C(O)c1ccccc1/C=N/Nc1nc(N2CCCCC2)nc(N2CCCCC2)n1. The molecule has 0 aliphatic carbocycles. The summed E-state index contributed by atoms with van der Waals surface area (Å²) in [5, 5.41) is 13.5. The van der Waals surface area contributed by atoms with E-state index in [1.54, 1.807) is 24.3 Å². The Labute approximate surface area is 175 Å². The van der Waals surface area contributed by atoms with Crippen molar-refractivity contribution in [3.8, 4) is 0 Å². The van der Waals surface area contributed by atoms with Gasteiger partial charge in [0.25, 0.3) is 0 Å². The number of nitrogens with zero attached hydrogens (tertiary/aromatic N) is 6. The number of benzene rings is 1. The number of piperidine rings is 2. The number of nitrogens with one attached hydrogen (secondary N) is 1. The Kier molecular flexibility index (Phi) is 6.36. The smallest absolute Gasteiger partial charge is 0.336 e. The van der Waals surface area contributed by atoms with Crippen molar-refractivity contribution in [1.29, 1.82) is 0 Å². The van der Waals surface area contributed by atoms with Gasteiger partial charge in [0.1, 0.15) is 0 Å². The van der Waals surface area contributed by atoms with Gasteiger partial charge in [0.05, 0.1) is 11.8 Å². The molecule has 0 radical (unpaired) electrons. The van der Waals surface area contributed by atoms with Gasteiger partial charge in [-0.25, -0.2) is 10.2 Å². The van der Waals surface area contributed by atoms with E-state index < -0.39 is 5.97 Å². The van der Waals surface area contributed by atoms with Gasteiger partial charge in [-0.3, -0.25) is 0 Å². The van der Waals surface area contributed by atoms with E-state index in [4.69, 9.17) is 4.98 Å². The van der Waals surface area contributed by atoms with Crippen molar-refractivity contribution in [2.24, 2.45) is 5.10 Å². The standard InChI is InChI=1S/C21H27N7O2/c29-18(30)17-10-4-3-9-16(17)15-22-26-19-23-20(27-11-5-1-6-12-27)25-21(24-19)28-13-7-2-8-14-28/h3-4,9-10,15H,1-2,5-8,11-14H2,(H,29,30)(H,23,24,25,26)/b22-15+. The average molecular weight is 409 g/mol. The van der Waals surface area contributed by atoms with Crippen LogP contribution in [0.1, 0.15) is 54.4 Å². The van der Waals surface area contributed by atoms with Gasteiger partial charge in [-0.1, -0.05) is 18.2 Å². The molecular weight excluding hydrogens is 382 g/mol. The van der Waals surface area contributed by atoms with Gasteiger partial charge >= 0.3 is 5.97 Å². The molecule has 2 aromatic rings. The summed E-state index contributed by atoms with van der Waals surface area (Å²) in [7, 11) is 0. The first-order valence-corrected chi connectivity index (χ1v) is 10.6. The fourth-order valence-electron chi connectivity index (χ4n) is 3.84. The van der Waals surface area contributed by atoms with E-state index >= 15 is 0 Å². The molecule has 158 valence electrons. The molecule has 2 saturated heterocycles. The number of aromatic carboxylic acids is 1. The van der Waals surface area contributed by atoms with Crippen LogP contribution in [0.4, 0.5) is 17.8 Å². The highest BCUT2D eigenvalue weighted by Crippen LogP contribution is 2.22. The normalized spacial score (nSPS) is 17.3.